The Morgan fingerprint density at radius 2 is 2.00 bits per heavy atom. The van der Waals surface area contributed by atoms with Gasteiger partial charge in [0.2, 0.25) is 11.8 Å². The monoisotopic (exact) mass is 286 g/mol. The molecular weight excluding hydrogens is 268 g/mol. The first-order valence-corrected chi connectivity index (χ1v) is 8.12. The molecule has 0 aromatic carbocycles. The van der Waals surface area contributed by atoms with Crippen LogP contribution in [0.25, 0.3) is 0 Å². The van der Waals surface area contributed by atoms with Crippen molar-refractivity contribution in [3.05, 3.63) is 12.7 Å². The van der Waals surface area contributed by atoms with Gasteiger partial charge in [0.1, 0.15) is 5.41 Å². The molecule has 1 aliphatic carbocycles. The molecule has 6 nitrogen and oxygen atoms in total. The number of carbonyl (C=O) groups is 2. The summed E-state index contributed by atoms with van der Waals surface area (Å²) in [5, 5.41) is 5.31. The topological polar surface area (TPSA) is 92.3 Å². The van der Waals surface area contributed by atoms with Crippen molar-refractivity contribution >= 4 is 21.7 Å². The molecule has 0 aromatic rings. The standard InChI is InChI=1S/C12H18N2O4S/c1-2-6-13-10(15)12(4-5-12)11(16)14-9-3-7-19(17,18)8-9/h2,9H,1,3-8H2,(H,13,15)(H,14,16). The van der Waals surface area contributed by atoms with E-state index in [4.69, 9.17) is 0 Å². The van der Waals surface area contributed by atoms with Gasteiger partial charge in [-0.2, -0.15) is 0 Å². The van der Waals surface area contributed by atoms with Gasteiger partial charge in [-0.1, -0.05) is 6.08 Å². The molecule has 1 aliphatic heterocycles. The van der Waals surface area contributed by atoms with Crippen LogP contribution in [-0.2, 0) is 19.4 Å². The van der Waals surface area contributed by atoms with Crippen LogP contribution in [0.4, 0.5) is 0 Å². The van der Waals surface area contributed by atoms with Crippen LogP contribution in [0.5, 0.6) is 0 Å². The van der Waals surface area contributed by atoms with Crippen molar-refractivity contribution in [2.45, 2.75) is 25.3 Å². The van der Waals surface area contributed by atoms with Gasteiger partial charge < -0.3 is 10.6 Å². The maximum Gasteiger partial charge on any atom is 0.235 e. The van der Waals surface area contributed by atoms with Gasteiger partial charge in [-0.15, -0.1) is 6.58 Å². The van der Waals surface area contributed by atoms with Gasteiger partial charge in [-0.05, 0) is 19.3 Å². The Morgan fingerprint density at radius 3 is 2.47 bits per heavy atom. The lowest BCUT2D eigenvalue weighted by Crippen LogP contribution is -2.46. The number of nitrogens with one attached hydrogen (secondary N) is 2. The number of carbonyl (C=O) groups excluding carboxylic acids is 2. The molecule has 1 unspecified atom stereocenters. The highest BCUT2D eigenvalue weighted by atomic mass is 32.2. The largest absolute Gasteiger partial charge is 0.352 e. The lowest BCUT2D eigenvalue weighted by Gasteiger charge is -2.17. The van der Waals surface area contributed by atoms with Crippen LogP contribution in [0.3, 0.4) is 0 Å². The van der Waals surface area contributed by atoms with E-state index in [1.165, 1.54) is 0 Å². The SMILES string of the molecule is C=CCNC(=O)C1(C(=O)NC2CCS(=O)(=O)C2)CC1. The van der Waals surface area contributed by atoms with Crippen molar-refractivity contribution < 1.29 is 18.0 Å². The highest BCUT2D eigenvalue weighted by Gasteiger charge is 2.56. The third-order valence-corrected chi connectivity index (χ3v) is 5.36. The van der Waals surface area contributed by atoms with Crippen molar-refractivity contribution in [1.29, 1.82) is 0 Å². The van der Waals surface area contributed by atoms with Gasteiger partial charge >= 0.3 is 0 Å². The number of amides is 2. The molecule has 19 heavy (non-hydrogen) atoms. The Hall–Kier alpha value is -1.37. The van der Waals surface area contributed by atoms with Crippen LogP contribution >= 0.6 is 0 Å². The third-order valence-electron chi connectivity index (χ3n) is 3.59. The first kappa shape index (κ1) is 14.0. The summed E-state index contributed by atoms with van der Waals surface area (Å²) in [6, 6.07) is -0.359. The zero-order chi connectivity index (χ0) is 14.1. The van der Waals surface area contributed by atoms with Gasteiger partial charge in [0.15, 0.2) is 9.84 Å². The average molecular weight is 286 g/mol. The van der Waals surface area contributed by atoms with Crippen LogP contribution in [0.15, 0.2) is 12.7 Å². The summed E-state index contributed by atoms with van der Waals surface area (Å²) in [6.45, 7) is 3.82. The van der Waals surface area contributed by atoms with E-state index >= 15 is 0 Å². The smallest absolute Gasteiger partial charge is 0.235 e. The predicted molar refractivity (Wildman–Crippen MR) is 70.1 cm³/mol. The Labute approximate surface area is 112 Å². The van der Waals surface area contributed by atoms with Gasteiger partial charge in [0, 0.05) is 12.6 Å². The quantitative estimate of drug-likeness (QED) is 0.520. The zero-order valence-corrected chi connectivity index (χ0v) is 11.5. The van der Waals surface area contributed by atoms with E-state index in [9.17, 15) is 18.0 Å². The molecule has 2 fully saturated rings. The fourth-order valence-electron chi connectivity index (χ4n) is 2.25. The van der Waals surface area contributed by atoms with E-state index in [2.05, 4.69) is 17.2 Å². The molecular formula is C12H18N2O4S. The summed E-state index contributed by atoms with van der Waals surface area (Å²) in [5.74, 6) is -0.571. The second-order valence-electron chi connectivity index (χ2n) is 5.15. The van der Waals surface area contributed by atoms with Crippen LogP contribution in [0.1, 0.15) is 19.3 Å². The van der Waals surface area contributed by atoms with Crippen molar-refractivity contribution in [3.8, 4) is 0 Å². The second kappa shape index (κ2) is 4.96. The fraction of sp³-hybridized carbons (Fsp3) is 0.667. The second-order valence-corrected chi connectivity index (χ2v) is 7.38. The highest BCUT2D eigenvalue weighted by Crippen LogP contribution is 2.46. The molecule has 7 heteroatoms. The molecule has 0 spiro atoms. The molecule has 1 saturated carbocycles. The van der Waals surface area contributed by atoms with E-state index in [0.29, 0.717) is 25.8 Å². The molecule has 0 aromatic heterocycles. The molecule has 0 bridgehead atoms. The maximum absolute atomic E-state index is 12.1. The number of hydrogen-bond acceptors (Lipinski definition) is 4. The molecule has 2 rings (SSSR count). The Morgan fingerprint density at radius 1 is 1.32 bits per heavy atom. The minimum atomic E-state index is -3.03. The van der Waals surface area contributed by atoms with Crippen molar-refractivity contribution in [3.63, 3.8) is 0 Å². The molecule has 0 radical (unpaired) electrons. The Bertz CT molecular complexity index is 508. The lowest BCUT2D eigenvalue weighted by molar-refractivity contribution is -0.137. The summed E-state index contributed by atoms with van der Waals surface area (Å²) in [6.07, 6.45) is 3.01. The predicted octanol–water partition coefficient (Wildman–Crippen LogP) is -0.628. The summed E-state index contributed by atoms with van der Waals surface area (Å²) < 4.78 is 22.6. The van der Waals surface area contributed by atoms with Crippen molar-refractivity contribution in [1.82, 2.24) is 10.6 Å². The van der Waals surface area contributed by atoms with E-state index in [-0.39, 0.29) is 29.4 Å². The summed E-state index contributed by atoms with van der Waals surface area (Å²) in [5.41, 5.74) is -0.991. The van der Waals surface area contributed by atoms with Gasteiger partial charge in [0.05, 0.1) is 11.5 Å². The molecule has 106 valence electrons. The molecule has 1 heterocycles. The maximum atomic E-state index is 12.1. The Kier molecular flexibility index (Phi) is 3.66. The van der Waals surface area contributed by atoms with Gasteiger partial charge in [-0.3, -0.25) is 9.59 Å². The fourth-order valence-corrected chi connectivity index (χ4v) is 3.92. The lowest BCUT2D eigenvalue weighted by atomic mass is 10.0. The number of sulfone groups is 1. The normalized spacial score (nSPS) is 26.4. The van der Waals surface area contributed by atoms with Gasteiger partial charge in [0.25, 0.3) is 0 Å². The van der Waals surface area contributed by atoms with Gasteiger partial charge in [-0.25, -0.2) is 8.42 Å². The molecule has 2 amide bonds. The number of rotatable bonds is 5. The summed E-state index contributed by atoms with van der Waals surface area (Å²) in [7, 11) is -3.03. The first-order chi connectivity index (χ1) is 8.89. The molecule has 2 N–H and O–H groups in total. The molecule has 1 atom stereocenters. The van der Waals surface area contributed by atoms with E-state index in [1.807, 2.05) is 0 Å². The number of hydrogen-bond donors (Lipinski definition) is 2. The Balaban J connectivity index is 1.93. The average Bonchev–Trinajstić information content (AvgIpc) is 3.08. The van der Waals surface area contributed by atoms with Crippen LogP contribution in [0.2, 0.25) is 0 Å². The van der Waals surface area contributed by atoms with Crippen molar-refractivity contribution in [2.75, 3.05) is 18.1 Å². The van der Waals surface area contributed by atoms with E-state index < -0.39 is 15.3 Å². The van der Waals surface area contributed by atoms with E-state index in [0.717, 1.165) is 0 Å². The van der Waals surface area contributed by atoms with E-state index in [1.54, 1.807) is 6.08 Å². The summed E-state index contributed by atoms with van der Waals surface area (Å²) in [4.78, 5) is 24.0. The molecule has 1 saturated heterocycles. The van der Waals surface area contributed by atoms with Crippen LogP contribution in [-0.4, -0.2) is 44.3 Å². The summed E-state index contributed by atoms with van der Waals surface area (Å²) >= 11 is 0. The van der Waals surface area contributed by atoms with Crippen LogP contribution in [0, 0.1) is 5.41 Å². The van der Waals surface area contributed by atoms with Crippen molar-refractivity contribution in [2.24, 2.45) is 5.41 Å². The molecule has 2 aliphatic rings. The minimum absolute atomic E-state index is 0.0247. The van der Waals surface area contributed by atoms with Crippen LogP contribution < -0.4 is 10.6 Å². The minimum Gasteiger partial charge on any atom is -0.352 e. The zero-order valence-electron chi connectivity index (χ0n) is 10.6. The first-order valence-electron chi connectivity index (χ1n) is 6.30. The third kappa shape index (κ3) is 2.97. The highest BCUT2D eigenvalue weighted by molar-refractivity contribution is 7.91.